The van der Waals surface area contributed by atoms with Gasteiger partial charge in [-0.1, -0.05) is 27.3 Å². The molecule has 0 bridgehead atoms. The molecule has 1 unspecified atom stereocenters. The number of hydrogen-bond donors (Lipinski definition) is 1. The molecule has 0 saturated carbocycles. The van der Waals surface area contributed by atoms with E-state index in [9.17, 15) is 0 Å². The highest BCUT2D eigenvalue weighted by Crippen LogP contribution is 2.28. The molecule has 1 aliphatic rings. The molecule has 1 fully saturated rings. The van der Waals surface area contributed by atoms with E-state index >= 15 is 0 Å². The highest BCUT2D eigenvalue weighted by atomic mass is 79.9. The lowest BCUT2D eigenvalue weighted by atomic mass is 10.1. The van der Waals surface area contributed by atoms with Gasteiger partial charge in [0.2, 0.25) is 0 Å². The number of fused-ring (bicyclic) bond motifs is 1. The first-order valence-electron chi connectivity index (χ1n) is 6.73. The van der Waals surface area contributed by atoms with Crippen LogP contribution in [0.5, 0.6) is 0 Å². The van der Waals surface area contributed by atoms with Gasteiger partial charge in [-0.15, -0.1) is 0 Å². The molecule has 0 radical (unpaired) electrons. The van der Waals surface area contributed by atoms with Crippen LogP contribution in [0.15, 0.2) is 22.7 Å². The number of rotatable bonds is 4. The summed E-state index contributed by atoms with van der Waals surface area (Å²) in [5.41, 5.74) is 1.05. The van der Waals surface area contributed by atoms with Crippen LogP contribution in [0.2, 0.25) is 0 Å². The lowest BCUT2D eigenvalue weighted by molar-refractivity contribution is 0.0134. The Morgan fingerprint density at radius 1 is 1.42 bits per heavy atom. The van der Waals surface area contributed by atoms with Gasteiger partial charge in [-0.05, 0) is 43.9 Å². The molecule has 1 aliphatic heterocycles. The Kier molecular flexibility index (Phi) is 4.35. The first-order valence-corrected chi connectivity index (χ1v) is 8.34. The van der Waals surface area contributed by atoms with E-state index in [-0.39, 0.29) is 0 Å². The first kappa shape index (κ1) is 13.3. The van der Waals surface area contributed by atoms with Gasteiger partial charge in [-0.25, -0.2) is 4.98 Å². The molecule has 1 N–H and O–H groups in total. The number of ether oxygens (including phenoxy) is 1. The Morgan fingerprint density at radius 2 is 2.37 bits per heavy atom. The van der Waals surface area contributed by atoms with Crippen molar-refractivity contribution in [3.8, 4) is 0 Å². The van der Waals surface area contributed by atoms with E-state index in [0.717, 1.165) is 34.7 Å². The number of anilines is 1. The topological polar surface area (TPSA) is 34.1 Å². The Morgan fingerprint density at radius 3 is 3.21 bits per heavy atom. The number of halogens is 1. The van der Waals surface area contributed by atoms with Crippen molar-refractivity contribution in [2.45, 2.75) is 31.8 Å². The molecule has 102 valence electrons. The van der Waals surface area contributed by atoms with E-state index < -0.39 is 0 Å². The second kappa shape index (κ2) is 6.20. The van der Waals surface area contributed by atoms with E-state index in [1.165, 1.54) is 24.0 Å². The SMILES string of the molecule is Brc1ccc2sc(NCCC3CCCCO3)nc2c1. The number of benzene rings is 1. The van der Waals surface area contributed by atoms with Crippen molar-refractivity contribution in [1.82, 2.24) is 4.98 Å². The largest absolute Gasteiger partial charge is 0.378 e. The molecule has 2 aromatic rings. The molecule has 3 nitrogen and oxygen atoms in total. The van der Waals surface area contributed by atoms with Crippen molar-refractivity contribution in [2.75, 3.05) is 18.5 Å². The van der Waals surface area contributed by atoms with E-state index in [4.69, 9.17) is 4.74 Å². The second-order valence-corrected chi connectivity index (χ2v) is 6.78. The van der Waals surface area contributed by atoms with Crippen molar-refractivity contribution in [3.63, 3.8) is 0 Å². The van der Waals surface area contributed by atoms with E-state index in [2.05, 4.69) is 44.4 Å². The number of aromatic nitrogens is 1. The highest BCUT2D eigenvalue weighted by Gasteiger charge is 2.13. The van der Waals surface area contributed by atoms with Crippen molar-refractivity contribution in [1.29, 1.82) is 0 Å². The van der Waals surface area contributed by atoms with Crippen LogP contribution in [0, 0.1) is 0 Å². The van der Waals surface area contributed by atoms with Gasteiger partial charge in [0, 0.05) is 17.6 Å². The van der Waals surface area contributed by atoms with Crippen LogP contribution in [0.4, 0.5) is 5.13 Å². The fourth-order valence-electron chi connectivity index (χ4n) is 2.35. The summed E-state index contributed by atoms with van der Waals surface area (Å²) in [6.45, 7) is 1.87. The lowest BCUT2D eigenvalue weighted by Gasteiger charge is -2.22. The fourth-order valence-corrected chi connectivity index (χ4v) is 3.57. The summed E-state index contributed by atoms with van der Waals surface area (Å²) < 4.78 is 8.03. The van der Waals surface area contributed by atoms with Crippen LogP contribution in [0.25, 0.3) is 10.2 Å². The number of nitrogens with zero attached hydrogens (tertiary/aromatic N) is 1. The summed E-state index contributed by atoms with van der Waals surface area (Å²) in [4.78, 5) is 4.59. The summed E-state index contributed by atoms with van der Waals surface area (Å²) in [5.74, 6) is 0. The summed E-state index contributed by atoms with van der Waals surface area (Å²) >= 11 is 5.18. The maximum atomic E-state index is 5.73. The fraction of sp³-hybridized carbons (Fsp3) is 0.500. The van der Waals surface area contributed by atoms with Gasteiger partial charge in [-0.2, -0.15) is 0 Å². The molecule has 3 rings (SSSR count). The predicted octanol–water partition coefficient (Wildman–Crippen LogP) is 4.43. The summed E-state index contributed by atoms with van der Waals surface area (Å²) in [6, 6.07) is 6.22. The van der Waals surface area contributed by atoms with Crippen molar-refractivity contribution >= 4 is 42.6 Å². The minimum atomic E-state index is 0.435. The van der Waals surface area contributed by atoms with E-state index in [1.54, 1.807) is 11.3 Å². The Labute approximate surface area is 125 Å². The van der Waals surface area contributed by atoms with Gasteiger partial charge >= 0.3 is 0 Å². The van der Waals surface area contributed by atoms with Crippen LogP contribution >= 0.6 is 27.3 Å². The van der Waals surface area contributed by atoms with Crippen molar-refractivity contribution in [2.24, 2.45) is 0 Å². The molecule has 0 spiro atoms. The van der Waals surface area contributed by atoms with Crippen molar-refractivity contribution < 1.29 is 4.74 Å². The van der Waals surface area contributed by atoms with E-state index in [0.29, 0.717) is 6.10 Å². The number of thiazole rings is 1. The van der Waals surface area contributed by atoms with Crippen molar-refractivity contribution in [3.05, 3.63) is 22.7 Å². The molecule has 1 aromatic heterocycles. The smallest absolute Gasteiger partial charge is 0.183 e. The third-order valence-corrected chi connectivity index (χ3v) is 4.85. The quantitative estimate of drug-likeness (QED) is 0.893. The number of hydrogen-bond acceptors (Lipinski definition) is 4. The normalized spacial score (nSPS) is 19.7. The maximum absolute atomic E-state index is 5.73. The zero-order valence-electron chi connectivity index (χ0n) is 10.7. The van der Waals surface area contributed by atoms with Gasteiger partial charge in [0.15, 0.2) is 5.13 Å². The summed E-state index contributed by atoms with van der Waals surface area (Å²) in [5, 5.41) is 4.42. The Hall–Kier alpha value is -0.650. The molecule has 0 aliphatic carbocycles. The van der Waals surface area contributed by atoms with Crippen LogP contribution in [0.3, 0.4) is 0 Å². The molecule has 1 aromatic carbocycles. The van der Waals surface area contributed by atoms with Crippen LogP contribution in [-0.4, -0.2) is 24.2 Å². The standard InChI is InChI=1S/C14H17BrN2OS/c15-10-4-5-13-12(9-10)17-14(19-13)16-7-6-11-3-1-2-8-18-11/h4-5,9,11H,1-3,6-8H2,(H,16,17). The molecule has 5 heteroatoms. The minimum Gasteiger partial charge on any atom is -0.378 e. The summed E-state index contributed by atoms with van der Waals surface area (Å²) in [7, 11) is 0. The van der Waals surface area contributed by atoms with Gasteiger partial charge in [0.05, 0.1) is 16.3 Å². The predicted molar refractivity (Wildman–Crippen MR) is 84.0 cm³/mol. The average molecular weight is 341 g/mol. The number of nitrogens with one attached hydrogen (secondary N) is 1. The molecule has 2 heterocycles. The van der Waals surface area contributed by atoms with Crippen LogP contribution in [0.1, 0.15) is 25.7 Å². The Balaban J connectivity index is 1.56. The molecule has 1 atom stereocenters. The molecular weight excluding hydrogens is 324 g/mol. The van der Waals surface area contributed by atoms with Gasteiger partial charge in [0.1, 0.15) is 0 Å². The second-order valence-electron chi connectivity index (χ2n) is 4.84. The first-order chi connectivity index (χ1) is 9.31. The third-order valence-electron chi connectivity index (χ3n) is 3.37. The molecule has 1 saturated heterocycles. The van der Waals surface area contributed by atoms with Gasteiger partial charge in [0.25, 0.3) is 0 Å². The zero-order valence-corrected chi connectivity index (χ0v) is 13.1. The zero-order chi connectivity index (χ0) is 13.1. The molecule has 0 amide bonds. The van der Waals surface area contributed by atoms with Crippen LogP contribution < -0.4 is 5.32 Å². The molecule has 19 heavy (non-hydrogen) atoms. The minimum absolute atomic E-state index is 0.435. The lowest BCUT2D eigenvalue weighted by Crippen LogP contribution is -2.21. The Bertz CT molecular complexity index is 551. The van der Waals surface area contributed by atoms with E-state index in [1.807, 2.05) is 0 Å². The molecular formula is C14H17BrN2OS. The summed E-state index contributed by atoms with van der Waals surface area (Å²) in [6.07, 6.45) is 5.23. The average Bonchev–Trinajstić information content (AvgIpc) is 2.82. The van der Waals surface area contributed by atoms with Gasteiger partial charge in [-0.3, -0.25) is 0 Å². The monoisotopic (exact) mass is 340 g/mol. The maximum Gasteiger partial charge on any atom is 0.183 e. The van der Waals surface area contributed by atoms with Gasteiger partial charge < -0.3 is 10.1 Å². The van der Waals surface area contributed by atoms with Crippen LogP contribution in [-0.2, 0) is 4.74 Å². The highest BCUT2D eigenvalue weighted by molar-refractivity contribution is 9.10. The third kappa shape index (κ3) is 3.46.